The van der Waals surface area contributed by atoms with Crippen LogP contribution >= 0.6 is 0 Å². The normalized spacial score (nSPS) is 11.8. The lowest BCUT2D eigenvalue weighted by molar-refractivity contribution is -0.142. The molecule has 30 heavy (non-hydrogen) atoms. The van der Waals surface area contributed by atoms with Gasteiger partial charge in [-0.15, -0.1) is 0 Å². The van der Waals surface area contributed by atoms with E-state index >= 15 is 0 Å². The van der Waals surface area contributed by atoms with Crippen molar-refractivity contribution >= 4 is 11.8 Å². The zero-order chi connectivity index (χ0) is 22.3. The molecule has 2 aromatic carbocycles. The summed E-state index contributed by atoms with van der Waals surface area (Å²) < 4.78 is 5.80. The maximum absolute atomic E-state index is 13.1. The van der Waals surface area contributed by atoms with E-state index in [9.17, 15) is 9.59 Å². The summed E-state index contributed by atoms with van der Waals surface area (Å²) in [5.74, 6) is 0.648. The Morgan fingerprint density at radius 2 is 1.60 bits per heavy atom. The number of carbonyl (C=O) groups is 2. The first kappa shape index (κ1) is 23.5. The third-order valence-corrected chi connectivity index (χ3v) is 5.01. The average molecular weight is 411 g/mol. The number of amides is 2. The maximum atomic E-state index is 13.1. The van der Waals surface area contributed by atoms with Crippen LogP contribution in [0.2, 0.25) is 0 Å². The molecule has 2 rings (SSSR count). The minimum absolute atomic E-state index is 0.114. The molecule has 2 aromatic rings. The average Bonchev–Trinajstić information content (AvgIpc) is 2.70. The van der Waals surface area contributed by atoms with E-state index in [4.69, 9.17) is 4.74 Å². The molecule has 1 atom stereocenters. The van der Waals surface area contributed by atoms with Crippen LogP contribution in [0.4, 0.5) is 0 Å². The van der Waals surface area contributed by atoms with Crippen LogP contribution in [-0.2, 0) is 16.1 Å². The second-order valence-electron chi connectivity index (χ2n) is 8.38. The first-order chi connectivity index (χ1) is 14.2. The van der Waals surface area contributed by atoms with Gasteiger partial charge in [0, 0.05) is 13.1 Å². The largest absolute Gasteiger partial charge is 0.483 e. The molecule has 0 bridgehead atoms. The third kappa shape index (κ3) is 6.90. The van der Waals surface area contributed by atoms with E-state index in [1.165, 1.54) is 0 Å². The van der Waals surface area contributed by atoms with Crippen LogP contribution in [0.25, 0.3) is 0 Å². The van der Waals surface area contributed by atoms with E-state index in [2.05, 4.69) is 5.32 Å². The van der Waals surface area contributed by atoms with Crippen LogP contribution in [0.5, 0.6) is 5.75 Å². The zero-order valence-corrected chi connectivity index (χ0v) is 19.0. The van der Waals surface area contributed by atoms with Gasteiger partial charge in [-0.3, -0.25) is 9.59 Å². The molecule has 0 fully saturated rings. The highest BCUT2D eigenvalue weighted by Crippen LogP contribution is 2.19. The molecule has 162 valence electrons. The molecule has 5 heteroatoms. The third-order valence-electron chi connectivity index (χ3n) is 5.01. The number of nitrogens with zero attached hydrogens (tertiary/aromatic N) is 1. The van der Waals surface area contributed by atoms with E-state index in [1.54, 1.807) is 11.8 Å². The van der Waals surface area contributed by atoms with Crippen LogP contribution in [-0.4, -0.2) is 35.9 Å². The van der Waals surface area contributed by atoms with Crippen LogP contribution in [0, 0.1) is 26.7 Å². The van der Waals surface area contributed by atoms with Crippen molar-refractivity contribution in [2.75, 3.05) is 13.2 Å². The fraction of sp³-hybridized carbons (Fsp3) is 0.440. The van der Waals surface area contributed by atoms with Gasteiger partial charge in [-0.05, 0) is 50.8 Å². The van der Waals surface area contributed by atoms with Gasteiger partial charge in [0.1, 0.15) is 11.8 Å². The quantitative estimate of drug-likeness (QED) is 0.675. The van der Waals surface area contributed by atoms with Crippen molar-refractivity contribution in [3.8, 4) is 5.75 Å². The molecular formula is C25H34N2O3. The van der Waals surface area contributed by atoms with Crippen molar-refractivity contribution < 1.29 is 14.3 Å². The highest BCUT2D eigenvalue weighted by molar-refractivity contribution is 5.88. The van der Waals surface area contributed by atoms with E-state index in [0.717, 1.165) is 22.3 Å². The Balaban J connectivity index is 2.14. The van der Waals surface area contributed by atoms with Crippen molar-refractivity contribution in [1.29, 1.82) is 0 Å². The second kappa shape index (κ2) is 10.8. The molecule has 0 saturated carbocycles. The summed E-state index contributed by atoms with van der Waals surface area (Å²) in [6, 6.07) is 13.2. The number of ether oxygens (including phenoxy) is 1. The summed E-state index contributed by atoms with van der Waals surface area (Å²) in [6.07, 6.45) is 0. The number of benzene rings is 2. The molecule has 0 saturated heterocycles. The molecule has 5 nitrogen and oxygen atoms in total. The summed E-state index contributed by atoms with van der Waals surface area (Å²) in [5, 5.41) is 2.93. The molecule has 0 unspecified atom stereocenters. The molecule has 0 aliphatic heterocycles. The second-order valence-corrected chi connectivity index (χ2v) is 8.38. The van der Waals surface area contributed by atoms with E-state index in [0.29, 0.717) is 24.8 Å². The van der Waals surface area contributed by atoms with E-state index < -0.39 is 6.04 Å². The van der Waals surface area contributed by atoms with Crippen LogP contribution < -0.4 is 10.1 Å². The number of aryl methyl sites for hydroxylation is 3. The van der Waals surface area contributed by atoms with Gasteiger partial charge in [-0.2, -0.15) is 0 Å². The number of nitrogens with one attached hydrogen (secondary N) is 1. The molecule has 2 amide bonds. The minimum Gasteiger partial charge on any atom is -0.483 e. The fourth-order valence-corrected chi connectivity index (χ4v) is 3.11. The molecule has 0 aliphatic carbocycles. The number of hydrogen-bond acceptors (Lipinski definition) is 3. The first-order valence-corrected chi connectivity index (χ1v) is 10.5. The first-order valence-electron chi connectivity index (χ1n) is 10.5. The fourth-order valence-electron chi connectivity index (χ4n) is 3.11. The van der Waals surface area contributed by atoms with Crippen molar-refractivity contribution in [2.45, 2.75) is 54.1 Å². The van der Waals surface area contributed by atoms with Gasteiger partial charge in [0.05, 0.1) is 0 Å². The van der Waals surface area contributed by atoms with Crippen molar-refractivity contribution in [3.63, 3.8) is 0 Å². The van der Waals surface area contributed by atoms with Crippen LogP contribution in [0.3, 0.4) is 0 Å². The highest BCUT2D eigenvalue weighted by atomic mass is 16.5. The molecule has 0 aromatic heterocycles. The van der Waals surface area contributed by atoms with Gasteiger partial charge >= 0.3 is 0 Å². The van der Waals surface area contributed by atoms with Crippen LogP contribution in [0.1, 0.15) is 43.0 Å². The lowest BCUT2D eigenvalue weighted by Gasteiger charge is -2.29. The van der Waals surface area contributed by atoms with E-state index in [1.807, 2.05) is 77.1 Å². The number of hydrogen-bond donors (Lipinski definition) is 1. The van der Waals surface area contributed by atoms with Gasteiger partial charge in [-0.25, -0.2) is 0 Å². The summed E-state index contributed by atoms with van der Waals surface area (Å²) in [7, 11) is 0. The Bertz CT molecular complexity index is 859. The SMILES string of the molecule is Cc1ccc(CN(C(=O)COc2ccc(C)cc2C)[C@H](C)C(=O)NCC(C)C)cc1. The van der Waals surface area contributed by atoms with Crippen molar-refractivity contribution in [3.05, 3.63) is 64.7 Å². The number of carbonyl (C=O) groups excluding carboxylic acids is 2. The highest BCUT2D eigenvalue weighted by Gasteiger charge is 2.26. The van der Waals surface area contributed by atoms with Gasteiger partial charge in [0.25, 0.3) is 5.91 Å². The van der Waals surface area contributed by atoms with Crippen LogP contribution in [0.15, 0.2) is 42.5 Å². The predicted molar refractivity (Wildman–Crippen MR) is 120 cm³/mol. The molecule has 0 aliphatic rings. The molecule has 0 radical (unpaired) electrons. The molecule has 0 heterocycles. The Morgan fingerprint density at radius 3 is 2.20 bits per heavy atom. The van der Waals surface area contributed by atoms with E-state index in [-0.39, 0.29) is 18.4 Å². The Kier molecular flexibility index (Phi) is 8.46. The monoisotopic (exact) mass is 410 g/mol. The summed E-state index contributed by atoms with van der Waals surface area (Å²) in [5.41, 5.74) is 4.25. The number of rotatable bonds is 9. The predicted octanol–water partition coefficient (Wildman–Crippen LogP) is 4.18. The lowest BCUT2D eigenvalue weighted by atomic mass is 10.1. The minimum atomic E-state index is -0.597. The zero-order valence-electron chi connectivity index (χ0n) is 19.0. The van der Waals surface area contributed by atoms with Crippen molar-refractivity contribution in [2.24, 2.45) is 5.92 Å². The summed E-state index contributed by atoms with van der Waals surface area (Å²) in [4.78, 5) is 27.3. The topological polar surface area (TPSA) is 58.6 Å². The van der Waals surface area contributed by atoms with Gasteiger partial charge < -0.3 is 15.0 Å². The molecular weight excluding hydrogens is 376 g/mol. The smallest absolute Gasteiger partial charge is 0.261 e. The molecule has 1 N–H and O–H groups in total. The Hall–Kier alpha value is -2.82. The van der Waals surface area contributed by atoms with Crippen molar-refractivity contribution in [1.82, 2.24) is 10.2 Å². The van der Waals surface area contributed by atoms with Gasteiger partial charge in [0.2, 0.25) is 5.91 Å². The maximum Gasteiger partial charge on any atom is 0.261 e. The molecule has 0 spiro atoms. The Labute approximate surface area is 180 Å². The lowest BCUT2D eigenvalue weighted by Crippen LogP contribution is -2.49. The summed E-state index contributed by atoms with van der Waals surface area (Å²) in [6.45, 7) is 12.7. The van der Waals surface area contributed by atoms with Gasteiger partial charge in [0.15, 0.2) is 6.61 Å². The summed E-state index contributed by atoms with van der Waals surface area (Å²) >= 11 is 0. The standard InChI is InChI=1S/C25H34N2O3/c1-17(2)14-26-25(29)21(6)27(15-22-10-7-18(3)8-11-22)24(28)16-30-23-12-9-19(4)13-20(23)5/h7-13,17,21H,14-16H2,1-6H3,(H,26,29)/t21-/m1/s1. The van der Waals surface area contributed by atoms with Gasteiger partial charge in [-0.1, -0.05) is 61.4 Å². The Morgan fingerprint density at radius 1 is 0.967 bits per heavy atom.